The van der Waals surface area contributed by atoms with Crippen molar-refractivity contribution in [2.24, 2.45) is 0 Å². The van der Waals surface area contributed by atoms with Crippen LogP contribution in [-0.2, 0) is 6.42 Å². The summed E-state index contributed by atoms with van der Waals surface area (Å²) in [5.41, 5.74) is 4.38. The average molecular weight is 418 g/mol. The van der Waals surface area contributed by atoms with Crippen LogP contribution >= 0.6 is 11.8 Å². The minimum atomic E-state index is -0.104. The SMILES string of the molecule is CSc1ccc(C(=O)NCC2Cc3cc(-c4ccccc4C(C)=O)ccc3O2)cc1. The van der Waals surface area contributed by atoms with Crippen molar-refractivity contribution >= 4 is 23.5 Å². The molecule has 0 radical (unpaired) electrons. The van der Waals surface area contributed by atoms with Crippen LogP contribution in [0, 0.1) is 0 Å². The van der Waals surface area contributed by atoms with E-state index in [2.05, 4.69) is 11.4 Å². The van der Waals surface area contributed by atoms with E-state index in [0.717, 1.165) is 33.8 Å². The molecule has 1 amide bonds. The molecule has 4 nitrogen and oxygen atoms in total. The molecule has 3 aromatic rings. The Hall–Kier alpha value is -3.05. The maximum atomic E-state index is 12.4. The summed E-state index contributed by atoms with van der Waals surface area (Å²) in [6, 6.07) is 21.2. The van der Waals surface area contributed by atoms with Gasteiger partial charge in [-0.2, -0.15) is 0 Å². The monoisotopic (exact) mass is 417 g/mol. The molecule has 5 heteroatoms. The van der Waals surface area contributed by atoms with Crippen molar-refractivity contribution in [2.45, 2.75) is 24.3 Å². The van der Waals surface area contributed by atoms with Crippen LogP contribution in [0.3, 0.4) is 0 Å². The van der Waals surface area contributed by atoms with Gasteiger partial charge in [-0.1, -0.05) is 30.3 Å². The summed E-state index contributed by atoms with van der Waals surface area (Å²) in [5, 5.41) is 2.97. The summed E-state index contributed by atoms with van der Waals surface area (Å²) >= 11 is 1.65. The first-order chi connectivity index (χ1) is 14.5. The lowest BCUT2D eigenvalue weighted by molar-refractivity contribution is 0.0932. The number of ketones is 1. The van der Waals surface area contributed by atoms with Crippen LogP contribution in [0.4, 0.5) is 0 Å². The zero-order chi connectivity index (χ0) is 21.1. The van der Waals surface area contributed by atoms with E-state index in [1.54, 1.807) is 18.7 Å². The molecule has 0 bridgehead atoms. The number of amides is 1. The average Bonchev–Trinajstić information content (AvgIpc) is 3.19. The minimum Gasteiger partial charge on any atom is -0.488 e. The maximum Gasteiger partial charge on any atom is 0.251 e. The van der Waals surface area contributed by atoms with Gasteiger partial charge in [-0.3, -0.25) is 9.59 Å². The number of benzene rings is 3. The Labute approximate surface area is 180 Å². The fraction of sp³-hybridized carbons (Fsp3) is 0.200. The quantitative estimate of drug-likeness (QED) is 0.452. The van der Waals surface area contributed by atoms with E-state index in [1.165, 1.54) is 0 Å². The van der Waals surface area contributed by atoms with Crippen molar-refractivity contribution < 1.29 is 14.3 Å². The number of thioether (sulfide) groups is 1. The van der Waals surface area contributed by atoms with Crippen molar-refractivity contribution in [1.29, 1.82) is 0 Å². The van der Waals surface area contributed by atoms with Gasteiger partial charge in [0.25, 0.3) is 5.91 Å². The second kappa shape index (κ2) is 8.76. The number of nitrogens with one attached hydrogen (secondary N) is 1. The lowest BCUT2D eigenvalue weighted by Gasteiger charge is -2.12. The Bertz CT molecular complexity index is 1090. The predicted molar refractivity (Wildman–Crippen MR) is 121 cm³/mol. The first kappa shape index (κ1) is 20.2. The summed E-state index contributed by atoms with van der Waals surface area (Å²) in [7, 11) is 0. The molecule has 0 aromatic heterocycles. The number of rotatable bonds is 6. The van der Waals surface area contributed by atoms with Gasteiger partial charge >= 0.3 is 0 Å². The summed E-state index contributed by atoms with van der Waals surface area (Å²) in [6.45, 7) is 2.03. The van der Waals surface area contributed by atoms with E-state index in [-0.39, 0.29) is 17.8 Å². The fourth-order valence-corrected chi connectivity index (χ4v) is 4.10. The summed E-state index contributed by atoms with van der Waals surface area (Å²) in [4.78, 5) is 25.5. The van der Waals surface area contributed by atoms with Gasteiger partial charge in [0.05, 0.1) is 6.54 Å². The van der Waals surface area contributed by atoms with Gasteiger partial charge in [0.2, 0.25) is 0 Å². The second-order valence-electron chi connectivity index (χ2n) is 7.31. The van der Waals surface area contributed by atoms with Gasteiger partial charge in [0.15, 0.2) is 5.78 Å². The van der Waals surface area contributed by atoms with Gasteiger partial charge in [-0.15, -0.1) is 11.8 Å². The molecule has 3 aromatic carbocycles. The molecule has 30 heavy (non-hydrogen) atoms. The highest BCUT2D eigenvalue weighted by molar-refractivity contribution is 7.98. The third-order valence-electron chi connectivity index (χ3n) is 5.26. The number of fused-ring (bicyclic) bond motifs is 1. The van der Waals surface area contributed by atoms with Crippen LogP contribution in [0.1, 0.15) is 33.2 Å². The third kappa shape index (κ3) is 4.26. The summed E-state index contributed by atoms with van der Waals surface area (Å²) < 4.78 is 6.01. The lowest BCUT2D eigenvalue weighted by atomic mass is 9.95. The molecule has 1 unspecified atom stereocenters. The van der Waals surface area contributed by atoms with E-state index in [1.807, 2.05) is 66.9 Å². The van der Waals surface area contributed by atoms with Crippen molar-refractivity contribution in [3.05, 3.63) is 83.4 Å². The van der Waals surface area contributed by atoms with Crippen molar-refractivity contribution in [2.75, 3.05) is 12.8 Å². The van der Waals surface area contributed by atoms with Crippen LogP contribution in [0.2, 0.25) is 0 Å². The van der Waals surface area contributed by atoms with Crippen LogP contribution in [0.25, 0.3) is 11.1 Å². The number of hydrogen-bond donors (Lipinski definition) is 1. The van der Waals surface area contributed by atoms with Crippen molar-refractivity contribution in [1.82, 2.24) is 5.32 Å². The number of carbonyl (C=O) groups is 2. The van der Waals surface area contributed by atoms with Crippen molar-refractivity contribution in [3.63, 3.8) is 0 Å². The molecule has 0 spiro atoms. The molecule has 0 aliphatic carbocycles. The van der Waals surface area contributed by atoms with Crippen LogP contribution in [-0.4, -0.2) is 30.6 Å². The Morgan fingerprint density at radius 3 is 2.57 bits per heavy atom. The maximum absolute atomic E-state index is 12.4. The fourth-order valence-electron chi connectivity index (χ4n) is 3.69. The Kier molecular flexibility index (Phi) is 5.91. The molecule has 1 atom stereocenters. The molecule has 1 aliphatic heterocycles. The number of carbonyl (C=O) groups excluding carboxylic acids is 2. The molecular formula is C25H23NO3S. The van der Waals surface area contributed by atoms with E-state index < -0.39 is 0 Å². The van der Waals surface area contributed by atoms with E-state index in [0.29, 0.717) is 17.7 Å². The van der Waals surface area contributed by atoms with Crippen LogP contribution < -0.4 is 10.1 Å². The standard InChI is InChI=1S/C25H23NO3S/c1-16(27)22-5-3-4-6-23(22)18-9-12-24-19(13-18)14-20(29-24)15-26-25(28)17-7-10-21(30-2)11-8-17/h3-13,20H,14-15H2,1-2H3,(H,26,28). The molecule has 0 saturated heterocycles. The normalized spacial score (nSPS) is 14.7. The highest BCUT2D eigenvalue weighted by atomic mass is 32.2. The first-order valence-corrected chi connectivity index (χ1v) is 11.1. The zero-order valence-electron chi connectivity index (χ0n) is 17.0. The Balaban J connectivity index is 1.42. The lowest BCUT2D eigenvalue weighted by Crippen LogP contribution is -2.34. The molecule has 1 N–H and O–H groups in total. The molecule has 0 saturated carbocycles. The van der Waals surface area contributed by atoms with E-state index >= 15 is 0 Å². The van der Waals surface area contributed by atoms with Gasteiger partial charge < -0.3 is 10.1 Å². The number of Topliss-reactive ketones (excluding diaryl/α,β-unsaturated/α-hetero) is 1. The molecule has 152 valence electrons. The topological polar surface area (TPSA) is 55.4 Å². The largest absolute Gasteiger partial charge is 0.488 e. The molecule has 1 heterocycles. The molecule has 1 aliphatic rings. The minimum absolute atomic E-state index is 0.0495. The smallest absolute Gasteiger partial charge is 0.251 e. The number of ether oxygens (including phenoxy) is 1. The van der Waals surface area contributed by atoms with Gasteiger partial charge in [0, 0.05) is 22.4 Å². The molecule has 0 fully saturated rings. The molecule has 4 rings (SSSR count). The van der Waals surface area contributed by atoms with Gasteiger partial charge in [0.1, 0.15) is 11.9 Å². The first-order valence-electron chi connectivity index (χ1n) is 9.87. The Morgan fingerprint density at radius 2 is 1.83 bits per heavy atom. The van der Waals surface area contributed by atoms with E-state index in [4.69, 9.17) is 4.74 Å². The second-order valence-corrected chi connectivity index (χ2v) is 8.19. The van der Waals surface area contributed by atoms with Crippen LogP contribution in [0.5, 0.6) is 5.75 Å². The highest BCUT2D eigenvalue weighted by Gasteiger charge is 2.24. The summed E-state index contributed by atoms with van der Waals surface area (Å²) in [5.74, 6) is 0.786. The number of hydrogen-bond acceptors (Lipinski definition) is 4. The summed E-state index contributed by atoms with van der Waals surface area (Å²) in [6.07, 6.45) is 2.62. The Morgan fingerprint density at radius 1 is 1.07 bits per heavy atom. The highest BCUT2D eigenvalue weighted by Crippen LogP contribution is 2.34. The third-order valence-corrected chi connectivity index (χ3v) is 6.01. The van der Waals surface area contributed by atoms with Gasteiger partial charge in [-0.05, 0) is 66.3 Å². The predicted octanol–water partition coefficient (Wildman–Crippen LogP) is 5.01. The van der Waals surface area contributed by atoms with E-state index in [9.17, 15) is 9.59 Å². The van der Waals surface area contributed by atoms with Crippen molar-refractivity contribution in [3.8, 4) is 16.9 Å². The van der Waals surface area contributed by atoms with Crippen LogP contribution in [0.15, 0.2) is 71.6 Å². The zero-order valence-corrected chi connectivity index (χ0v) is 17.8. The van der Waals surface area contributed by atoms with Gasteiger partial charge in [-0.25, -0.2) is 0 Å². The molecular weight excluding hydrogens is 394 g/mol.